The molecule has 0 aromatic rings. The van der Waals surface area contributed by atoms with Gasteiger partial charge in [0.1, 0.15) is 0 Å². The van der Waals surface area contributed by atoms with Crippen LogP contribution in [-0.4, -0.2) is 12.6 Å². The SMILES string of the molecule is CC1CC(NCC2CC2(C)C)C1. The summed E-state index contributed by atoms with van der Waals surface area (Å²) in [5.74, 6) is 1.95. The molecule has 2 rings (SSSR count). The van der Waals surface area contributed by atoms with Crippen molar-refractivity contribution in [1.82, 2.24) is 5.32 Å². The van der Waals surface area contributed by atoms with E-state index in [2.05, 4.69) is 26.1 Å². The summed E-state index contributed by atoms with van der Waals surface area (Å²) in [6.45, 7) is 8.37. The van der Waals surface area contributed by atoms with E-state index in [4.69, 9.17) is 0 Å². The first kappa shape index (κ1) is 8.55. The Kier molecular flexibility index (Phi) is 1.95. The molecule has 0 amide bonds. The second kappa shape index (κ2) is 2.73. The van der Waals surface area contributed by atoms with Crippen molar-refractivity contribution in [3.05, 3.63) is 0 Å². The number of rotatable bonds is 3. The summed E-state index contributed by atoms with van der Waals surface area (Å²) >= 11 is 0. The molecule has 1 atom stereocenters. The van der Waals surface area contributed by atoms with Gasteiger partial charge in [-0.1, -0.05) is 20.8 Å². The van der Waals surface area contributed by atoms with Gasteiger partial charge in [0, 0.05) is 6.04 Å². The van der Waals surface area contributed by atoms with Crippen molar-refractivity contribution in [2.45, 2.75) is 46.1 Å². The minimum absolute atomic E-state index is 0.655. The Labute approximate surface area is 75.9 Å². The molecule has 0 heterocycles. The first-order chi connectivity index (χ1) is 5.58. The predicted octanol–water partition coefficient (Wildman–Crippen LogP) is 2.42. The normalized spacial score (nSPS) is 43.8. The summed E-state index contributed by atoms with van der Waals surface area (Å²) in [6, 6.07) is 0.858. The lowest BCUT2D eigenvalue weighted by molar-refractivity contribution is 0.237. The first-order valence-electron chi connectivity index (χ1n) is 5.31. The van der Waals surface area contributed by atoms with Gasteiger partial charge in [-0.25, -0.2) is 0 Å². The van der Waals surface area contributed by atoms with Crippen LogP contribution in [0.2, 0.25) is 0 Å². The first-order valence-corrected chi connectivity index (χ1v) is 5.31. The van der Waals surface area contributed by atoms with Gasteiger partial charge in [0.05, 0.1) is 0 Å². The minimum Gasteiger partial charge on any atom is -0.314 e. The Hall–Kier alpha value is -0.0400. The smallest absolute Gasteiger partial charge is 0.00722 e. The monoisotopic (exact) mass is 167 g/mol. The third kappa shape index (κ3) is 1.66. The topological polar surface area (TPSA) is 12.0 Å². The summed E-state index contributed by atoms with van der Waals surface area (Å²) in [5, 5.41) is 3.67. The van der Waals surface area contributed by atoms with Crippen molar-refractivity contribution in [2.75, 3.05) is 6.54 Å². The summed E-state index contributed by atoms with van der Waals surface area (Å²) in [6.07, 6.45) is 4.25. The van der Waals surface area contributed by atoms with Crippen LogP contribution in [0, 0.1) is 17.3 Å². The van der Waals surface area contributed by atoms with Gasteiger partial charge >= 0.3 is 0 Å². The molecular formula is C11H21N. The lowest BCUT2D eigenvalue weighted by Gasteiger charge is -2.33. The maximum Gasteiger partial charge on any atom is 0.00722 e. The summed E-state index contributed by atoms with van der Waals surface area (Å²) in [4.78, 5) is 0. The Morgan fingerprint density at radius 2 is 1.92 bits per heavy atom. The standard InChI is InChI=1S/C11H21N/c1-8-4-10(5-8)12-7-9-6-11(9,2)3/h8-10,12H,4-7H2,1-3H3. The van der Waals surface area contributed by atoms with Crippen molar-refractivity contribution < 1.29 is 0 Å². The van der Waals surface area contributed by atoms with E-state index in [1.54, 1.807) is 0 Å². The largest absolute Gasteiger partial charge is 0.314 e. The molecule has 12 heavy (non-hydrogen) atoms. The molecule has 70 valence electrons. The fraction of sp³-hybridized carbons (Fsp3) is 1.00. The van der Waals surface area contributed by atoms with Gasteiger partial charge in [0.25, 0.3) is 0 Å². The van der Waals surface area contributed by atoms with Crippen LogP contribution in [-0.2, 0) is 0 Å². The van der Waals surface area contributed by atoms with Crippen LogP contribution in [0.4, 0.5) is 0 Å². The predicted molar refractivity (Wildman–Crippen MR) is 52.1 cm³/mol. The molecule has 0 bridgehead atoms. The lowest BCUT2D eigenvalue weighted by Crippen LogP contribution is -2.41. The lowest BCUT2D eigenvalue weighted by atomic mass is 9.82. The van der Waals surface area contributed by atoms with Crippen LogP contribution >= 0.6 is 0 Å². The fourth-order valence-electron chi connectivity index (χ4n) is 2.30. The van der Waals surface area contributed by atoms with Gasteiger partial charge in [-0.2, -0.15) is 0 Å². The van der Waals surface area contributed by atoms with Gasteiger partial charge < -0.3 is 5.32 Å². The molecular weight excluding hydrogens is 146 g/mol. The van der Waals surface area contributed by atoms with Crippen LogP contribution in [0.1, 0.15) is 40.0 Å². The summed E-state index contributed by atoms with van der Waals surface area (Å²) < 4.78 is 0. The average Bonchev–Trinajstić information content (AvgIpc) is 2.49. The van der Waals surface area contributed by atoms with E-state index in [1.165, 1.54) is 25.8 Å². The van der Waals surface area contributed by atoms with Gasteiger partial charge in [0.2, 0.25) is 0 Å². The second-order valence-electron chi connectivity index (χ2n) is 5.57. The molecule has 0 aromatic heterocycles. The highest BCUT2D eigenvalue weighted by Gasteiger charge is 2.45. The molecule has 0 spiro atoms. The molecule has 1 N–H and O–H groups in total. The van der Waals surface area contributed by atoms with E-state index >= 15 is 0 Å². The quantitative estimate of drug-likeness (QED) is 0.680. The van der Waals surface area contributed by atoms with Gasteiger partial charge in [0.15, 0.2) is 0 Å². The zero-order valence-corrected chi connectivity index (χ0v) is 8.56. The van der Waals surface area contributed by atoms with Crippen LogP contribution in [0.15, 0.2) is 0 Å². The van der Waals surface area contributed by atoms with E-state index in [0.29, 0.717) is 5.41 Å². The van der Waals surface area contributed by atoms with Gasteiger partial charge in [-0.3, -0.25) is 0 Å². The molecule has 2 aliphatic carbocycles. The number of nitrogens with one attached hydrogen (secondary N) is 1. The molecule has 0 aromatic carbocycles. The Morgan fingerprint density at radius 1 is 1.33 bits per heavy atom. The Bertz CT molecular complexity index is 168. The molecule has 1 heteroatoms. The van der Waals surface area contributed by atoms with Crippen LogP contribution < -0.4 is 5.32 Å². The van der Waals surface area contributed by atoms with E-state index in [-0.39, 0.29) is 0 Å². The van der Waals surface area contributed by atoms with Crippen LogP contribution in [0.5, 0.6) is 0 Å². The Balaban J connectivity index is 1.59. The zero-order valence-electron chi connectivity index (χ0n) is 8.56. The molecule has 0 radical (unpaired) electrons. The minimum atomic E-state index is 0.655. The van der Waals surface area contributed by atoms with E-state index in [0.717, 1.165) is 17.9 Å². The molecule has 2 saturated carbocycles. The molecule has 0 saturated heterocycles. The summed E-state index contributed by atoms with van der Waals surface area (Å²) in [5.41, 5.74) is 0.655. The molecule has 1 nitrogen and oxygen atoms in total. The highest BCUT2D eigenvalue weighted by atomic mass is 14.9. The molecule has 2 fully saturated rings. The van der Waals surface area contributed by atoms with Crippen LogP contribution in [0.3, 0.4) is 0 Å². The van der Waals surface area contributed by atoms with Crippen molar-refractivity contribution in [2.24, 2.45) is 17.3 Å². The molecule has 1 unspecified atom stereocenters. The van der Waals surface area contributed by atoms with Crippen molar-refractivity contribution in [3.63, 3.8) is 0 Å². The fourth-order valence-corrected chi connectivity index (χ4v) is 2.30. The van der Waals surface area contributed by atoms with Crippen molar-refractivity contribution in [1.29, 1.82) is 0 Å². The van der Waals surface area contributed by atoms with Crippen molar-refractivity contribution in [3.8, 4) is 0 Å². The van der Waals surface area contributed by atoms with Crippen LogP contribution in [0.25, 0.3) is 0 Å². The molecule has 0 aliphatic heterocycles. The zero-order chi connectivity index (χ0) is 8.77. The second-order valence-corrected chi connectivity index (χ2v) is 5.57. The third-order valence-electron chi connectivity index (χ3n) is 3.74. The average molecular weight is 167 g/mol. The molecule has 2 aliphatic rings. The Morgan fingerprint density at radius 3 is 2.33 bits per heavy atom. The maximum absolute atomic E-state index is 3.67. The number of hydrogen-bond acceptors (Lipinski definition) is 1. The maximum atomic E-state index is 3.67. The van der Waals surface area contributed by atoms with E-state index in [1.807, 2.05) is 0 Å². The number of hydrogen-bond donors (Lipinski definition) is 1. The van der Waals surface area contributed by atoms with Gasteiger partial charge in [-0.15, -0.1) is 0 Å². The van der Waals surface area contributed by atoms with Crippen molar-refractivity contribution >= 4 is 0 Å². The third-order valence-corrected chi connectivity index (χ3v) is 3.74. The van der Waals surface area contributed by atoms with Gasteiger partial charge in [-0.05, 0) is 43.1 Å². The van der Waals surface area contributed by atoms with E-state index in [9.17, 15) is 0 Å². The highest BCUT2D eigenvalue weighted by Crippen LogP contribution is 2.51. The van der Waals surface area contributed by atoms with E-state index < -0.39 is 0 Å². The summed E-state index contributed by atoms with van der Waals surface area (Å²) in [7, 11) is 0. The highest BCUT2D eigenvalue weighted by molar-refractivity contribution is 4.97.